The fourth-order valence-corrected chi connectivity index (χ4v) is 1.79. The van der Waals surface area contributed by atoms with Gasteiger partial charge < -0.3 is 15.8 Å². The highest BCUT2D eigenvalue weighted by Crippen LogP contribution is 2.20. The number of amides is 2. The molecule has 0 aliphatic heterocycles. The molecule has 0 unspecified atom stereocenters. The van der Waals surface area contributed by atoms with E-state index in [4.69, 9.17) is 22.1 Å². The van der Waals surface area contributed by atoms with E-state index >= 15 is 0 Å². The van der Waals surface area contributed by atoms with Gasteiger partial charge in [-0.15, -0.1) is 0 Å². The molecule has 5 nitrogen and oxygen atoms in total. The van der Waals surface area contributed by atoms with Crippen molar-refractivity contribution < 1.29 is 14.3 Å². The van der Waals surface area contributed by atoms with Crippen molar-refractivity contribution in [1.82, 2.24) is 0 Å². The normalized spacial score (nSPS) is 9.95. The Labute approximate surface area is 126 Å². The van der Waals surface area contributed by atoms with Gasteiger partial charge in [0, 0.05) is 10.7 Å². The summed E-state index contributed by atoms with van der Waals surface area (Å²) in [5.41, 5.74) is 5.95. The summed E-state index contributed by atoms with van der Waals surface area (Å²) in [4.78, 5) is 23.0. The summed E-state index contributed by atoms with van der Waals surface area (Å²) in [7, 11) is 0. The number of carbonyl (C=O) groups is 2. The van der Waals surface area contributed by atoms with Crippen molar-refractivity contribution in [3.8, 4) is 5.75 Å². The fourth-order valence-electron chi connectivity index (χ4n) is 1.66. The van der Waals surface area contributed by atoms with Crippen molar-refractivity contribution in [3.05, 3.63) is 59.1 Å². The third kappa shape index (κ3) is 4.22. The van der Waals surface area contributed by atoms with E-state index in [-0.39, 0.29) is 12.5 Å². The van der Waals surface area contributed by atoms with Crippen molar-refractivity contribution >= 4 is 29.1 Å². The maximum atomic E-state index is 12.2. The Bertz CT molecular complexity index is 656. The number of para-hydroxylation sites is 1. The Hall–Kier alpha value is -2.53. The van der Waals surface area contributed by atoms with Gasteiger partial charge in [-0.2, -0.15) is 0 Å². The lowest BCUT2D eigenvalue weighted by Crippen LogP contribution is -2.21. The predicted octanol–water partition coefficient (Wildman–Crippen LogP) is 2.46. The molecule has 0 aliphatic rings. The largest absolute Gasteiger partial charge is 0.483 e. The van der Waals surface area contributed by atoms with Crippen molar-refractivity contribution in [1.29, 1.82) is 0 Å². The summed E-state index contributed by atoms with van der Waals surface area (Å²) in [6.07, 6.45) is 0. The Kier molecular flexibility index (Phi) is 4.79. The third-order valence-corrected chi connectivity index (χ3v) is 2.86. The molecule has 0 aromatic heterocycles. The average Bonchev–Trinajstić information content (AvgIpc) is 2.47. The van der Waals surface area contributed by atoms with Crippen LogP contribution in [0.15, 0.2) is 48.5 Å². The molecular formula is C15H13ClN2O3. The monoisotopic (exact) mass is 304 g/mol. The lowest BCUT2D eigenvalue weighted by molar-refractivity contribution is -0.119. The second-order valence-electron chi connectivity index (χ2n) is 4.21. The highest BCUT2D eigenvalue weighted by Gasteiger charge is 2.12. The van der Waals surface area contributed by atoms with Crippen LogP contribution in [0.3, 0.4) is 0 Å². The molecule has 2 amide bonds. The standard InChI is InChI=1S/C15H13ClN2O3/c16-10-5-7-11(8-6-10)18-15(20)12-3-1-2-4-13(12)21-9-14(17)19/h1-8H,9H2,(H2,17,19)(H,18,20). The summed E-state index contributed by atoms with van der Waals surface area (Å²) in [6, 6.07) is 13.3. The molecule has 0 atom stereocenters. The van der Waals surface area contributed by atoms with Gasteiger partial charge in [0.2, 0.25) is 0 Å². The van der Waals surface area contributed by atoms with Crippen LogP contribution in [0, 0.1) is 0 Å². The van der Waals surface area contributed by atoms with E-state index < -0.39 is 5.91 Å². The van der Waals surface area contributed by atoms with E-state index in [0.717, 1.165) is 0 Å². The second-order valence-corrected chi connectivity index (χ2v) is 4.65. The minimum Gasteiger partial charge on any atom is -0.483 e. The summed E-state index contributed by atoms with van der Waals surface area (Å²) < 4.78 is 5.22. The summed E-state index contributed by atoms with van der Waals surface area (Å²) in [5, 5.41) is 3.30. The molecule has 0 bridgehead atoms. The van der Waals surface area contributed by atoms with E-state index in [9.17, 15) is 9.59 Å². The summed E-state index contributed by atoms with van der Waals surface area (Å²) in [5.74, 6) is -0.664. The maximum absolute atomic E-state index is 12.2. The molecule has 3 N–H and O–H groups in total. The van der Waals surface area contributed by atoms with Gasteiger partial charge in [0.1, 0.15) is 5.75 Å². The Morgan fingerprint density at radius 1 is 1.10 bits per heavy atom. The average molecular weight is 305 g/mol. The van der Waals surface area contributed by atoms with E-state index in [0.29, 0.717) is 22.0 Å². The SMILES string of the molecule is NC(=O)COc1ccccc1C(=O)Nc1ccc(Cl)cc1. The number of nitrogens with two attached hydrogens (primary N) is 1. The molecule has 21 heavy (non-hydrogen) atoms. The third-order valence-electron chi connectivity index (χ3n) is 2.60. The van der Waals surface area contributed by atoms with Gasteiger partial charge in [0.15, 0.2) is 6.61 Å². The number of halogens is 1. The van der Waals surface area contributed by atoms with E-state index in [2.05, 4.69) is 5.32 Å². The van der Waals surface area contributed by atoms with E-state index in [1.165, 1.54) is 0 Å². The molecule has 2 aromatic carbocycles. The molecule has 0 aliphatic carbocycles. The molecule has 0 fully saturated rings. The molecule has 0 saturated carbocycles. The highest BCUT2D eigenvalue weighted by atomic mass is 35.5. The van der Waals surface area contributed by atoms with Crippen LogP contribution in [0.4, 0.5) is 5.69 Å². The first-order chi connectivity index (χ1) is 10.1. The molecular weight excluding hydrogens is 292 g/mol. The van der Waals surface area contributed by atoms with Crippen molar-refractivity contribution in [2.45, 2.75) is 0 Å². The van der Waals surface area contributed by atoms with Gasteiger partial charge in [0.25, 0.3) is 11.8 Å². The van der Waals surface area contributed by atoms with E-state index in [1.54, 1.807) is 48.5 Å². The number of rotatable bonds is 5. The second kappa shape index (κ2) is 6.76. The molecule has 0 saturated heterocycles. The number of nitrogens with one attached hydrogen (secondary N) is 1. The van der Waals surface area contributed by atoms with Crippen LogP contribution in [0.5, 0.6) is 5.75 Å². The molecule has 2 rings (SSSR count). The lowest BCUT2D eigenvalue weighted by atomic mass is 10.2. The Morgan fingerprint density at radius 3 is 2.43 bits per heavy atom. The molecule has 0 heterocycles. The summed E-state index contributed by atoms with van der Waals surface area (Å²) >= 11 is 5.78. The molecule has 0 spiro atoms. The number of anilines is 1. The Balaban J connectivity index is 2.14. The lowest BCUT2D eigenvalue weighted by Gasteiger charge is -2.10. The molecule has 108 valence electrons. The first kappa shape index (κ1) is 14.9. The zero-order valence-corrected chi connectivity index (χ0v) is 11.8. The molecule has 2 aromatic rings. The van der Waals surface area contributed by atoms with Gasteiger partial charge >= 0.3 is 0 Å². The zero-order chi connectivity index (χ0) is 15.2. The van der Waals surface area contributed by atoms with Gasteiger partial charge in [0.05, 0.1) is 5.56 Å². The van der Waals surface area contributed by atoms with Gasteiger partial charge in [-0.25, -0.2) is 0 Å². The van der Waals surface area contributed by atoms with Crippen molar-refractivity contribution in [3.63, 3.8) is 0 Å². The zero-order valence-electron chi connectivity index (χ0n) is 11.0. The van der Waals surface area contributed by atoms with Crippen LogP contribution in [-0.2, 0) is 4.79 Å². The fraction of sp³-hybridized carbons (Fsp3) is 0.0667. The van der Waals surface area contributed by atoms with E-state index in [1.807, 2.05) is 0 Å². The Morgan fingerprint density at radius 2 is 1.76 bits per heavy atom. The quantitative estimate of drug-likeness (QED) is 0.890. The van der Waals surface area contributed by atoms with Crippen LogP contribution in [0.1, 0.15) is 10.4 Å². The van der Waals surface area contributed by atoms with Gasteiger partial charge in [-0.1, -0.05) is 23.7 Å². The van der Waals surface area contributed by atoms with Crippen molar-refractivity contribution in [2.75, 3.05) is 11.9 Å². The van der Waals surface area contributed by atoms with Crippen molar-refractivity contribution in [2.24, 2.45) is 5.73 Å². The molecule has 6 heteroatoms. The minimum atomic E-state index is -0.608. The van der Waals surface area contributed by atoms with Crippen LogP contribution in [0.2, 0.25) is 5.02 Å². The first-order valence-corrected chi connectivity index (χ1v) is 6.51. The van der Waals surface area contributed by atoms with Crippen LogP contribution in [0.25, 0.3) is 0 Å². The maximum Gasteiger partial charge on any atom is 0.259 e. The highest BCUT2D eigenvalue weighted by molar-refractivity contribution is 6.30. The smallest absolute Gasteiger partial charge is 0.259 e. The topological polar surface area (TPSA) is 81.4 Å². The van der Waals surface area contributed by atoms with Gasteiger partial charge in [-0.05, 0) is 36.4 Å². The number of benzene rings is 2. The number of ether oxygens (including phenoxy) is 1. The summed E-state index contributed by atoms with van der Waals surface area (Å²) in [6.45, 7) is -0.286. The minimum absolute atomic E-state index is 0.286. The predicted molar refractivity (Wildman–Crippen MR) is 80.5 cm³/mol. The number of primary amides is 1. The number of hydrogen-bond donors (Lipinski definition) is 2. The molecule has 0 radical (unpaired) electrons. The van der Waals surface area contributed by atoms with Crippen LogP contribution >= 0.6 is 11.6 Å². The van der Waals surface area contributed by atoms with Crippen LogP contribution in [-0.4, -0.2) is 18.4 Å². The number of hydrogen-bond acceptors (Lipinski definition) is 3. The number of carbonyl (C=O) groups excluding carboxylic acids is 2. The van der Waals surface area contributed by atoms with Gasteiger partial charge in [-0.3, -0.25) is 9.59 Å². The first-order valence-electron chi connectivity index (χ1n) is 6.13. The van der Waals surface area contributed by atoms with Crippen LogP contribution < -0.4 is 15.8 Å².